The van der Waals surface area contributed by atoms with E-state index in [0.717, 1.165) is 4.47 Å². The van der Waals surface area contributed by atoms with Crippen LogP contribution in [0.15, 0.2) is 62.5 Å². The Morgan fingerprint density at radius 1 is 1.13 bits per heavy atom. The van der Waals surface area contributed by atoms with Gasteiger partial charge >= 0.3 is 0 Å². The molecule has 1 N–H and O–H groups in total. The molecule has 10 heteroatoms. The molecule has 0 fully saturated rings. The van der Waals surface area contributed by atoms with Crippen molar-refractivity contribution >= 4 is 33.7 Å². The van der Waals surface area contributed by atoms with E-state index in [0.29, 0.717) is 34.1 Å². The number of hydrogen-bond acceptors (Lipinski definition) is 7. The Kier molecular flexibility index (Phi) is 6.48. The van der Waals surface area contributed by atoms with Gasteiger partial charge in [-0.3, -0.25) is 14.9 Å². The number of nitro groups is 1. The number of carbonyl (C=O) groups excluding carboxylic acids is 1. The summed E-state index contributed by atoms with van der Waals surface area (Å²) in [5.41, 5.74) is 3.19. The van der Waals surface area contributed by atoms with Gasteiger partial charge in [0, 0.05) is 10.5 Å². The molecule has 0 saturated heterocycles. The number of nitrogens with one attached hydrogen (secondary N) is 1. The van der Waals surface area contributed by atoms with Gasteiger partial charge in [0.2, 0.25) is 0 Å². The van der Waals surface area contributed by atoms with E-state index in [2.05, 4.69) is 26.5 Å². The van der Waals surface area contributed by atoms with Gasteiger partial charge in [-0.1, -0.05) is 15.9 Å². The predicted octanol–water partition coefficient (Wildman–Crippen LogP) is 4.40. The number of furan rings is 1. The van der Waals surface area contributed by atoms with Crippen LogP contribution >= 0.6 is 15.9 Å². The summed E-state index contributed by atoms with van der Waals surface area (Å²) in [6, 6.07) is 12.6. The van der Waals surface area contributed by atoms with Crippen LogP contribution in [0.25, 0.3) is 11.3 Å². The summed E-state index contributed by atoms with van der Waals surface area (Å²) in [5, 5.41) is 14.8. The van der Waals surface area contributed by atoms with Gasteiger partial charge in [-0.15, -0.1) is 0 Å². The summed E-state index contributed by atoms with van der Waals surface area (Å²) in [4.78, 5) is 22.8. The number of hydrogen-bond donors (Lipinski definition) is 1. The molecule has 0 bridgehead atoms. The van der Waals surface area contributed by atoms with Gasteiger partial charge in [0.15, 0.2) is 0 Å². The van der Waals surface area contributed by atoms with E-state index < -0.39 is 10.8 Å². The Hall–Kier alpha value is -3.66. The smallest absolute Gasteiger partial charge is 0.275 e. The van der Waals surface area contributed by atoms with Gasteiger partial charge in [-0.05, 0) is 36.4 Å². The minimum atomic E-state index is -0.504. The number of non-ortho nitro benzene ring substituents is 1. The fourth-order valence-corrected chi connectivity index (χ4v) is 3.00. The van der Waals surface area contributed by atoms with Crippen molar-refractivity contribution in [3.05, 3.63) is 74.4 Å². The fourth-order valence-electron chi connectivity index (χ4n) is 2.64. The van der Waals surface area contributed by atoms with Crippen LogP contribution in [0.5, 0.6) is 11.5 Å². The van der Waals surface area contributed by atoms with E-state index in [4.69, 9.17) is 13.9 Å². The Morgan fingerprint density at radius 2 is 1.90 bits per heavy atom. The standard InChI is InChI=1S/C20H16BrN3O6/c1-28-17-7-3-12(21)9-16(17)20(25)23-22-11-14-5-8-18(30-14)15-6-4-13(24(26)27)10-19(15)29-2/h3-11H,1-2H3,(H,23,25)/b22-11-. The zero-order valence-electron chi connectivity index (χ0n) is 15.9. The number of ether oxygens (including phenoxy) is 2. The van der Waals surface area contributed by atoms with Crippen molar-refractivity contribution in [2.45, 2.75) is 0 Å². The molecule has 0 aliphatic rings. The number of nitro benzene ring substituents is 1. The molecule has 3 rings (SSSR count). The molecule has 1 heterocycles. The number of rotatable bonds is 7. The molecule has 0 aliphatic heterocycles. The van der Waals surface area contributed by atoms with Crippen LogP contribution in [0.2, 0.25) is 0 Å². The lowest BCUT2D eigenvalue weighted by atomic mass is 10.1. The van der Waals surface area contributed by atoms with Gasteiger partial charge in [0.25, 0.3) is 11.6 Å². The number of methoxy groups -OCH3 is 2. The van der Waals surface area contributed by atoms with Crippen molar-refractivity contribution in [3.8, 4) is 22.8 Å². The predicted molar refractivity (Wildman–Crippen MR) is 113 cm³/mol. The molecule has 9 nitrogen and oxygen atoms in total. The average Bonchev–Trinajstić information content (AvgIpc) is 3.21. The summed E-state index contributed by atoms with van der Waals surface area (Å²) >= 11 is 3.31. The Labute approximate surface area is 179 Å². The van der Waals surface area contributed by atoms with Crippen LogP contribution in [0.1, 0.15) is 16.1 Å². The van der Waals surface area contributed by atoms with Crippen molar-refractivity contribution < 1.29 is 23.6 Å². The van der Waals surface area contributed by atoms with Crippen LogP contribution in [-0.4, -0.2) is 31.3 Å². The van der Waals surface area contributed by atoms with Gasteiger partial charge in [0.1, 0.15) is 23.0 Å². The fraction of sp³-hybridized carbons (Fsp3) is 0.100. The zero-order valence-corrected chi connectivity index (χ0v) is 17.5. The Bertz CT molecular complexity index is 1130. The highest BCUT2D eigenvalue weighted by Crippen LogP contribution is 2.34. The lowest BCUT2D eigenvalue weighted by Crippen LogP contribution is -2.18. The van der Waals surface area contributed by atoms with Crippen LogP contribution in [0, 0.1) is 10.1 Å². The summed E-state index contributed by atoms with van der Waals surface area (Å²) in [5.74, 6) is 1.07. The van der Waals surface area contributed by atoms with Crippen LogP contribution in [0.3, 0.4) is 0 Å². The lowest BCUT2D eigenvalue weighted by molar-refractivity contribution is -0.384. The highest BCUT2D eigenvalue weighted by Gasteiger charge is 2.15. The second-order valence-electron chi connectivity index (χ2n) is 5.89. The third-order valence-electron chi connectivity index (χ3n) is 4.05. The summed E-state index contributed by atoms with van der Waals surface area (Å²) < 4.78 is 16.8. The lowest BCUT2D eigenvalue weighted by Gasteiger charge is -2.07. The first kappa shape index (κ1) is 21.1. The van der Waals surface area contributed by atoms with Gasteiger partial charge in [-0.25, -0.2) is 5.43 Å². The number of carbonyl (C=O) groups is 1. The van der Waals surface area contributed by atoms with Gasteiger partial charge in [-0.2, -0.15) is 5.10 Å². The largest absolute Gasteiger partial charge is 0.496 e. The van der Waals surface area contributed by atoms with E-state index in [-0.39, 0.29) is 5.69 Å². The molecule has 0 aliphatic carbocycles. The quantitative estimate of drug-likeness (QED) is 0.308. The molecule has 2 aromatic carbocycles. The van der Waals surface area contributed by atoms with Crippen molar-refractivity contribution in [2.24, 2.45) is 5.10 Å². The normalized spacial score (nSPS) is 10.8. The first-order chi connectivity index (χ1) is 14.4. The third kappa shape index (κ3) is 4.66. The maximum atomic E-state index is 12.3. The van der Waals surface area contributed by atoms with Crippen molar-refractivity contribution in [2.75, 3.05) is 14.2 Å². The minimum Gasteiger partial charge on any atom is -0.496 e. The van der Waals surface area contributed by atoms with Gasteiger partial charge < -0.3 is 13.9 Å². The number of amides is 1. The van der Waals surface area contributed by atoms with E-state index in [1.54, 1.807) is 30.3 Å². The van der Waals surface area contributed by atoms with Crippen LogP contribution < -0.4 is 14.9 Å². The molecule has 154 valence electrons. The molecule has 0 spiro atoms. The van der Waals surface area contributed by atoms with Crippen LogP contribution in [-0.2, 0) is 0 Å². The van der Waals surface area contributed by atoms with E-state index in [1.807, 2.05) is 0 Å². The molecule has 3 aromatic rings. The van der Waals surface area contributed by atoms with E-state index in [9.17, 15) is 14.9 Å². The molecule has 30 heavy (non-hydrogen) atoms. The van der Waals surface area contributed by atoms with E-state index in [1.165, 1.54) is 38.6 Å². The second kappa shape index (κ2) is 9.23. The first-order valence-corrected chi connectivity index (χ1v) is 9.32. The monoisotopic (exact) mass is 473 g/mol. The maximum Gasteiger partial charge on any atom is 0.275 e. The van der Waals surface area contributed by atoms with E-state index >= 15 is 0 Å². The molecule has 0 unspecified atom stereocenters. The van der Waals surface area contributed by atoms with Crippen molar-refractivity contribution in [1.29, 1.82) is 0 Å². The summed E-state index contributed by atoms with van der Waals surface area (Å²) in [6.07, 6.45) is 1.34. The molecule has 0 saturated carbocycles. The Balaban J connectivity index is 1.75. The molecular weight excluding hydrogens is 458 g/mol. The first-order valence-electron chi connectivity index (χ1n) is 8.52. The number of benzene rings is 2. The van der Waals surface area contributed by atoms with Crippen molar-refractivity contribution in [3.63, 3.8) is 0 Å². The van der Waals surface area contributed by atoms with Crippen LogP contribution in [0.4, 0.5) is 5.69 Å². The minimum absolute atomic E-state index is 0.0883. The molecule has 1 amide bonds. The van der Waals surface area contributed by atoms with Crippen molar-refractivity contribution in [1.82, 2.24) is 5.43 Å². The highest BCUT2D eigenvalue weighted by molar-refractivity contribution is 9.10. The number of halogens is 1. The zero-order chi connectivity index (χ0) is 21.7. The van der Waals surface area contributed by atoms with Gasteiger partial charge in [0.05, 0.1) is 42.6 Å². The average molecular weight is 474 g/mol. The topological polar surface area (TPSA) is 116 Å². The summed E-state index contributed by atoms with van der Waals surface area (Å²) in [6.45, 7) is 0. The molecule has 0 atom stereocenters. The summed E-state index contributed by atoms with van der Waals surface area (Å²) in [7, 11) is 2.89. The molecule has 1 aromatic heterocycles. The SMILES string of the molecule is COc1ccc(Br)cc1C(=O)N/N=C\c1ccc(-c2ccc([N+](=O)[O-])cc2OC)o1. The molecular formula is C20H16BrN3O6. The number of nitrogens with zero attached hydrogens (tertiary/aromatic N) is 2. The number of hydrazone groups is 1. The Morgan fingerprint density at radius 3 is 2.60 bits per heavy atom. The second-order valence-corrected chi connectivity index (χ2v) is 6.80. The molecule has 0 radical (unpaired) electrons. The maximum absolute atomic E-state index is 12.3. The third-order valence-corrected chi connectivity index (χ3v) is 4.55. The highest BCUT2D eigenvalue weighted by atomic mass is 79.9.